The number of thioether (sulfide) groups is 1. The highest BCUT2D eigenvalue weighted by molar-refractivity contribution is 7.98. The first-order chi connectivity index (χ1) is 9.42. The molecule has 0 aromatic rings. The van der Waals surface area contributed by atoms with Crippen LogP contribution in [-0.2, 0) is 4.79 Å². The summed E-state index contributed by atoms with van der Waals surface area (Å²) in [6.07, 6.45) is 5.52. The second-order valence-electron chi connectivity index (χ2n) is 6.55. The Labute approximate surface area is 129 Å². The maximum Gasteiger partial charge on any atom is 0.241 e. The Morgan fingerprint density at radius 2 is 1.95 bits per heavy atom. The SMILES string of the molecule is CCC(C)C1NC(CC(C)C)N(C(C)CCSC)C1=O. The van der Waals surface area contributed by atoms with Crippen LogP contribution in [0.3, 0.4) is 0 Å². The highest BCUT2D eigenvalue weighted by Crippen LogP contribution is 2.26. The topological polar surface area (TPSA) is 32.3 Å². The number of rotatable bonds is 8. The minimum absolute atomic E-state index is 0.0143. The van der Waals surface area contributed by atoms with Gasteiger partial charge in [-0.2, -0.15) is 11.8 Å². The lowest BCUT2D eigenvalue weighted by atomic mass is 9.99. The van der Waals surface area contributed by atoms with Crippen LogP contribution in [-0.4, -0.2) is 41.1 Å². The van der Waals surface area contributed by atoms with Crippen molar-refractivity contribution in [3.05, 3.63) is 0 Å². The summed E-state index contributed by atoms with van der Waals surface area (Å²) in [7, 11) is 0. The standard InChI is InChI=1S/C16H32N2OS/c1-7-12(4)15-16(19)18(13(5)8-9-20-6)14(17-15)10-11(2)3/h11-15,17H,7-10H2,1-6H3. The Kier molecular flexibility index (Phi) is 7.38. The van der Waals surface area contributed by atoms with Gasteiger partial charge in [-0.1, -0.05) is 34.1 Å². The number of hydrogen-bond acceptors (Lipinski definition) is 3. The summed E-state index contributed by atoms with van der Waals surface area (Å²) in [6, 6.07) is 0.348. The summed E-state index contributed by atoms with van der Waals surface area (Å²) in [6.45, 7) is 11.0. The number of carbonyl (C=O) groups excluding carboxylic acids is 1. The van der Waals surface area contributed by atoms with E-state index in [0.29, 0.717) is 23.8 Å². The van der Waals surface area contributed by atoms with Gasteiger partial charge < -0.3 is 4.90 Å². The van der Waals surface area contributed by atoms with Crippen molar-refractivity contribution in [3.8, 4) is 0 Å². The largest absolute Gasteiger partial charge is 0.323 e. The maximum atomic E-state index is 12.8. The van der Waals surface area contributed by atoms with Crippen molar-refractivity contribution in [2.75, 3.05) is 12.0 Å². The summed E-state index contributed by atoms with van der Waals surface area (Å²) in [5.74, 6) is 2.45. The molecule has 1 aliphatic rings. The van der Waals surface area contributed by atoms with E-state index in [9.17, 15) is 4.79 Å². The van der Waals surface area contributed by atoms with Gasteiger partial charge in [-0.25, -0.2) is 0 Å². The van der Waals surface area contributed by atoms with Crippen molar-refractivity contribution >= 4 is 17.7 Å². The molecular weight excluding hydrogens is 268 g/mol. The molecule has 0 spiro atoms. The number of nitrogens with one attached hydrogen (secondary N) is 1. The third-order valence-electron chi connectivity index (χ3n) is 4.35. The lowest BCUT2D eigenvalue weighted by Crippen LogP contribution is -2.44. The third-order valence-corrected chi connectivity index (χ3v) is 4.99. The molecule has 1 rings (SSSR count). The van der Waals surface area contributed by atoms with Gasteiger partial charge in [0.15, 0.2) is 0 Å². The van der Waals surface area contributed by atoms with Gasteiger partial charge in [0.05, 0.1) is 12.2 Å². The summed E-state index contributed by atoms with van der Waals surface area (Å²) in [5, 5.41) is 3.60. The molecule has 0 aromatic heterocycles. The van der Waals surface area contributed by atoms with E-state index in [0.717, 1.165) is 25.0 Å². The van der Waals surface area contributed by atoms with Crippen LogP contribution in [0.4, 0.5) is 0 Å². The van der Waals surface area contributed by atoms with E-state index < -0.39 is 0 Å². The molecule has 0 aromatic carbocycles. The first-order valence-corrected chi connectivity index (χ1v) is 9.38. The zero-order valence-corrected chi connectivity index (χ0v) is 14.8. The van der Waals surface area contributed by atoms with E-state index in [1.54, 1.807) is 0 Å². The van der Waals surface area contributed by atoms with Crippen LogP contribution < -0.4 is 5.32 Å². The van der Waals surface area contributed by atoms with Gasteiger partial charge in [0.25, 0.3) is 0 Å². The Morgan fingerprint density at radius 1 is 1.30 bits per heavy atom. The second kappa shape index (κ2) is 8.28. The van der Waals surface area contributed by atoms with Crippen molar-refractivity contribution in [2.24, 2.45) is 11.8 Å². The van der Waals surface area contributed by atoms with Crippen molar-refractivity contribution in [2.45, 2.75) is 72.1 Å². The van der Waals surface area contributed by atoms with Gasteiger partial charge in [-0.15, -0.1) is 0 Å². The third kappa shape index (κ3) is 4.39. The number of carbonyl (C=O) groups is 1. The average molecular weight is 301 g/mol. The fraction of sp³-hybridized carbons (Fsp3) is 0.938. The first kappa shape index (κ1) is 17.8. The maximum absolute atomic E-state index is 12.8. The Hall–Kier alpha value is -0.220. The van der Waals surface area contributed by atoms with Crippen LogP contribution in [0.5, 0.6) is 0 Å². The zero-order chi connectivity index (χ0) is 15.3. The minimum Gasteiger partial charge on any atom is -0.323 e. The molecule has 4 atom stereocenters. The van der Waals surface area contributed by atoms with Crippen molar-refractivity contribution in [1.82, 2.24) is 10.2 Å². The van der Waals surface area contributed by atoms with Crippen LogP contribution in [0.25, 0.3) is 0 Å². The molecule has 1 aliphatic heterocycles. The number of nitrogens with zero attached hydrogens (tertiary/aromatic N) is 1. The molecule has 118 valence electrons. The van der Waals surface area contributed by atoms with Gasteiger partial charge in [0.2, 0.25) is 5.91 Å². The van der Waals surface area contributed by atoms with Gasteiger partial charge in [0.1, 0.15) is 0 Å². The second-order valence-corrected chi connectivity index (χ2v) is 7.54. The van der Waals surface area contributed by atoms with E-state index in [1.165, 1.54) is 0 Å². The highest BCUT2D eigenvalue weighted by atomic mass is 32.2. The molecule has 1 fully saturated rings. The van der Waals surface area contributed by atoms with E-state index in [4.69, 9.17) is 0 Å². The Morgan fingerprint density at radius 3 is 2.45 bits per heavy atom. The first-order valence-electron chi connectivity index (χ1n) is 7.99. The van der Waals surface area contributed by atoms with Gasteiger partial charge >= 0.3 is 0 Å². The number of amides is 1. The molecule has 3 nitrogen and oxygen atoms in total. The average Bonchev–Trinajstić information content (AvgIpc) is 2.71. The zero-order valence-electron chi connectivity index (χ0n) is 14.0. The molecule has 0 saturated carbocycles. The van der Waals surface area contributed by atoms with Gasteiger partial charge in [0, 0.05) is 6.04 Å². The molecular formula is C16H32N2OS. The van der Waals surface area contributed by atoms with E-state index in [2.05, 4.69) is 51.1 Å². The fourth-order valence-corrected chi connectivity index (χ4v) is 3.47. The van der Waals surface area contributed by atoms with Gasteiger partial charge in [-0.05, 0) is 43.6 Å². The predicted molar refractivity (Wildman–Crippen MR) is 88.9 cm³/mol. The Balaban J connectivity index is 2.81. The normalized spacial score (nSPS) is 26.4. The lowest BCUT2D eigenvalue weighted by Gasteiger charge is -2.31. The molecule has 0 radical (unpaired) electrons. The van der Waals surface area contributed by atoms with Crippen LogP contribution in [0.1, 0.15) is 53.9 Å². The molecule has 0 aliphatic carbocycles. The summed E-state index contributed by atoms with van der Waals surface area (Å²) >= 11 is 1.86. The molecule has 20 heavy (non-hydrogen) atoms. The fourth-order valence-electron chi connectivity index (χ4n) is 2.90. The predicted octanol–water partition coefficient (Wildman–Crippen LogP) is 3.35. The van der Waals surface area contributed by atoms with Crippen LogP contribution in [0.15, 0.2) is 0 Å². The monoisotopic (exact) mass is 300 g/mol. The molecule has 1 amide bonds. The van der Waals surface area contributed by atoms with Gasteiger partial charge in [-0.3, -0.25) is 10.1 Å². The van der Waals surface area contributed by atoms with Crippen molar-refractivity contribution in [3.63, 3.8) is 0 Å². The summed E-state index contributed by atoms with van der Waals surface area (Å²) in [5.41, 5.74) is 0. The summed E-state index contributed by atoms with van der Waals surface area (Å²) in [4.78, 5) is 14.9. The molecule has 1 saturated heterocycles. The highest BCUT2D eigenvalue weighted by Gasteiger charge is 2.42. The molecule has 4 unspecified atom stereocenters. The van der Waals surface area contributed by atoms with Crippen LogP contribution >= 0.6 is 11.8 Å². The minimum atomic E-state index is 0.0143. The summed E-state index contributed by atoms with van der Waals surface area (Å²) < 4.78 is 0. The molecule has 0 bridgehead atoms. The van der Waals surface area contributed by atoms with E-state index >= 15 is 0 Å². The van der Waals surface area contributed by atoms with Crippen molar-refractivity contribution in [1.29, 1.82) is 0 Å². The quantitative estimate of drug-likeness (QED) is 0.746. The van der Waals surface area contributed by atoms with Crippen molar-refractivity contribution < 1.29 is 4.79 Å². The van der Waals surface area contributed by atoms with E-state index in [-0.39, 0.29) is 12.2 Å². The number of hydrogen-bond donors (Lipinski definition) is 1. The van der Waals surface area contributed by atoms with Crippen LogP contribution in [0.2, 0.25) is 0 Å². The lowest BCUT2D eigenvalue weighted by molar-refractivity contribution is -0.133. The Bertz CT molecular complexity index is 309. The molecule has 1 N–H and O–H groups in total. The van der Waals surface area contributed by atoms with E-state index in [1.807, 2.05) is 11.8 Å². The molecule has 1 heterocycles. The smallest absolute Gasteiger partial charge is 0.241 e. The molecule has 4 heteroatoms. The van der Waals surface area contributed by atoms with Crippen LogP contribution in [0, 0.1) is 11.8 Å².